The summed E-state index contributed by atoms with van der Waals surface area (Å²) in [6, 6.07) is 0.418. The summed E-state index contributed by atoms with van der Waals surface area (Å²) in [5.74, 6) is 4.25. The normalized spacial score (nSPS) is 13.2. The van der Waals surface area contributed by atoms with Crippen LogP contribution in [0.1, 0.15) is 45.3 Å². The van der Waals surface area contributed by atoms with Crippen LogP contribution < -0.4 is 5.32 Å². The van der Waals surface area contributed by atoms with Crippen molar-refractivity contribution in [1.82, 2.24) is 15.5 Å². The van der Waals surface area contributed by atoms with Crippen molar-refractivity contribution in [3.63, 3.8) is 0 Å². The van der Waals surface area contributed by atoms with Crippen molar-refractivity contribution in [2.24, 2.45) is 5.92 Å². The summed E-state index contributed by atoms with van der Waals surface area (Å²) in [4.78, 5) is 4.44. The molecule has 0 radical (unpaired) electrons. The number of likely N-dealkylation sites (N-methyl/N-ethyl adjacent to an activating group) is 1. The van der Waals surface area contributed by atoms with Gasteiger partial charge in [0.25, 0.3) is 0 Å². The standard InChI is InChI=1S/C13H25N3OS/c1-5-6-18-9-12-15-13(17-16-12)8-11(14-4)7-10(2)3/h10-11,14H,5-9H2,1-4H3. The minimum Gasteiger partial charge on any atom is -0.339 e. The topological polar surface area (TPSA) is 51.0 Å². The molecule has 1 rings (SSSR count). The minimum absolute atomic E-state index is 0.418. The molecule has 1 N–H and O–H groups in total. The average Bonchev–Trinajstić information content (AvgIpc) is 2.76. The molecule has 1 unspecified atom stereocenters. The number of thioether (sulfide) groups is 1. The summed E-state index contributed by atoms with van der Waals surface area (Å²) in [7, 11) is 1.99. The molecular formula is C13H25N3OS. The SMILES string of the molecule is CCCSCc1noc(CC(CC(C)C)NC)n1. The Hall–Kier alpha value is -0.550. The molecule has 0 bridgehead atoms. The lowest BCUT2D eigenvalue weighted by Crippen LogP contribution is -2.29. The molecule has 1 aromatic heterocycles. The van der Waals surface area contributed by atoms with Crippen LogP contribution in [0.15, 0.2) is 4.52 Å². The Kier molecular flexibility index (Phi) is 7.35. The molecule has 0 saturated carbocycles. The molecule has 0 amide bonds. The van der Waals surface area contributed by atoms with Gasteiger partial charge in [-0.15, -0.1) is 0 Å². The first kappa shape index (κ1) is 15.5. The van der Waals surface area contributed by atoms with Gasteiger partial charge in [-0.1, -0.05) is 25.9 Å². The predicted molar refractivity (Wildman–Crippen MR) is 76.8 cm³/mol. The first-order chi connectivity index (χ1) is 8.65. The monoisotopic (exact) mass is 271 g/mol. The molecule has 1 atom stereocenters. The lowest BCUT2D eigenvalue weighted by Gasteiger charge is -2.15. The fourth-order valence-corrected chi connectivity index (χ4v) is 2.56. The van der Waals surface area contributed by atoms with Crippen molar-refractivity contribution < 1.29 is 4.52 Å². The number of hydrogen-bond acceptors (Lipinski definition) is 5. The fourth-order valence-electron chi connectivity index (χ4n) is 1.82. The van der Waals surface area contributed by atoms with E-state index in [0.29, 0.717) is 12.0 Å². The highest BCUT2D eigenvalue weighted by atomic mass is 32.2. The van der Waals surface area contributed by atoms with Crippen molar-refractivity contribution in [1.29, 1.82) is 0 Å². The number of nitrogens with one attached hydrogen (secondary N) is 1. The Labute approximate surface area is 114 Å². The number of aromatic nitrogens is 2. The molecular weight excluding hydrogens is 246 g/mol. The van der Waals surface area contributed by atoms with Crippen molar-refractivity contribution in [3.05, 3.63) is 11.7 Å². The molecule has 0 saturated heterocycles. The Balaban J connectivity index is 2.41. The fraction of sp³-hybridized carbons (Fsp3) is 0.846. The van der Waals surface area contributed by atoms with Gasteiger partial charge in [0, 0.05) is 12.5 Å². The molecule has 1 aromatic rings. The zero-order valence-corrected chi connectivity index (χ0v) is 12.7. The van der Waals surface area contributed by atoms with E-state index in [0.717, 1.165) is 36.1 Å². The summed E-state index contributed by atoms with van der Waals surface area (Å²) >= 11 is 1.85. The van der Waals surface area contributed by atoms with Gasteiger partial charge in [0.15, 0.2) is 5.82 Å². The van der Waals surface area contributed by atoms with Crippen LogP contribution in [0.4, 0.5) is 0 Å². The van der Waals surface area contributed by atoms with Gasteiger partial charge >= 0.3 is 0 Å². The smallest absolute Gasteiger partial charge is 0.228 e. The van der Waals surface area contributed by atoms with Gasteiger partial charge in [-0.3, -0.25) is 0 Å². The number of nitrogens with zero attached hydrogens (tertiary/aromatic N) is 2. The second-order valence-electron chi connectivity index (χ2n) is 4.98. The van der Waals surface area contributed by atoms with E-state index in [4.69, 9.17) is 4.52 Å². The van der Waals surface area contributed by atoms with E-state index in [-0.39, 0.29) is 0 Å². The maximum atomic E-state index is 5.29. The third-order valence-corrected chi connectivity index (χ3v) is 3.83. The largest absolute Gasteiger partial charge is 0.339 e. The van der Waals surface area contributed by atoms with Gasteiger partial charge < -0.3 is 9.84 Å². The molecule has 0 aliphatic carbocycles. The Bertz CT molecular complexity index is 328. The molecule has 0 fully saturated rings. The predicted octanol–water partition coefficient (Wildman–Crippen LogP) is 2.89. The van der Waals surface area contributed by atoms with E-state index in [1.807, 2.05) is 18.8 Å². The van der Waals surface area contributed by atoms with Crippen molar-refractivity contribution in [2.45, 2.75) is 51.8 Å². The number of rotatable bonds is 9. The van der Waals surface area contributed by atoms with Crippen molar-refractivity contribution in [2.75, 3.05) is 12.8 Å². The van der Waals surface area contributed by atoms with Gasteiger partial charge in [-0.05, 0) is 31.6 Å². The second-order valence-corrected chi connectivity index (χ2v) is 6.08. The van der Waals surface area contributed by atoms with E-state index in [1.54, 1.807) is 0 Å². The highest BCUT2D eigenvalue weighted by molar-refractivity contribution is 7.98. The summed E-state index contributed by atoms with van der Waals surface area (Å²) in [6.07, 6.45) is 3.13. The van der Waals surface area contributed by atoms with Crippen LogP contribution in [0.25, 0.3) is 0 Å². The molecule has 5 heteroatoms. The summed E-state index contributed by atoms with van der Waals surface area (Å²) in [5, 5.41) is 7.33. The summed E-state index contributed by atoms with van der Waals surface area (Å²) < 4.78 is 5.29. The van der Waals surface area contributed by atoms with Crippen LogP contribution in [0.2, 0.25) is 0 Å². The first-order valence-electron chi connectivity index (χ1n) is 6.72. The maximum Gasteiger partial charge on any atom is 0.228 e. The zero-order chi connectivity index (χ0) is 13.4. The molecule has 4 nitrogen and oxygen atoms in total. The minimum atomic E-state index is 0.418. The van der Waals surface area contributed by atoms with E-state index < -0.39 is 0 Å². The van der Waals surface area contributed by atoms with Gasteiger partial charge in [0.1, 0.15) is 0 Å². The maximum absolute atomic E-state index is 5.29. The summed E-state index contributed by atoms with van der Waals surface area (Å²) in [6.45, 7) is 6.63. The van der Waals surface area contributed by atoms with E-state index in [2.05, 4.69) is 36.2 Å². The quantitative estimate of drug-likeness (QED) is 0.700. The van der Waals surface area contributed by atoms with Crippen LogP contribution in [0.5, 0.6) is 0 Å². The molecule has 0 aliphatic rings. The molecule has 1 heterocycles. The highest BCUT2D eigenvalue weighted by Crippen LogP contribution is 2.13. The highest BCUT2D eigenvalue weighted by Gasteiger charge is 2.14. The second kappa shape index (κ2) is 8.53. The number of hydrogen-bond donors (Lipinski definition) is 1. The zero-order valence-electron chi connectivity index (χ0n) is 11.9. The third kappa shape index (κ3) is 5.87. The van der Waals surface area contributed by atoms with E-state index in [9.17, 15) is 0 Å². The van der Waals surface area contributed by atoms with Crippen LogP contribution in [0.3, 0.4) is 0 Å². The average molecular weight is 271 g/mol. The Morgan fingerprint density at radius 3 is 2.78 bits per heavy atom. The lowest BCUT2D eigenvalue weighted by atomic mass is 10.0. The van der Waals surface area contributed by atoms with E-state index in [1.165, 1.54) is 6.42 Å². The third-order valence-electron chi connectivity index (χ3n) is 2.67. The Morgan fingerprint density at radius 2 is 2.17 bits per heavy atom. The molecule has 0 spiro atoms. The van der Waals surface area contributed by atoms with Gasteiger partial charge in [0.2, 0.25) is 5.89 Å². The molecule has 18 heavy (non-hydrogen) atoms. The van der Waals surface area contributed by atoms with Gasteiger partial charge in [0.05, 0.1) is 5.75 Å². The van der Waals surface area contributed by atoms with E-state index >= 15 is 0 Å². The van der Waals surface area contributed by atoms with Crippen LogP contribution in [-0.4, -0.2) is 29.0 Å². The van der Waals surface area contributed by atoms with Gasteiger partial charge in [-0.2, -0.15) is 16.7 Å². The van der Waals surface area contributed by atoms with Crippen LogP contribution in [-0.2, 0) is 12.2 Å². The van der Waals surface area contributed by atoms with Crippen molar-refractivity contribution in [3.8, 4) is 0 Å². The molecule has 104 valence electrons. The Morgan fingerprint density at radius 1 is 1.39 bits per heavy atom. The van der Waals surface area contributed by atoms with Gasteiger partial charge in [-0.25, -0.2) is 0 Å². The van der Waals surface area contributed by atoms with Crippen LogP contribution >= 0.6 is 11.8 Å². The lowest BCUT2D eigenvalue weighted by molar-refractivity contribution is 0.343. The summed E-state index contributed by atoms with van der Waals surface area (Å²) in [5.41, 5.74) is 0. The molecule has 0 aliphatic heterocycles. The first-order valence-corrected chi connectivity index (χ1v) is 7.87. The van der Waals surface area contributed by atoms with Crippen LogP contribution in [0, 0.1) is 5.92 Å². The van der Waals surface area contributed by atoms with Crippen molar-refractivity contribution >= 4 is 11.8 Å². The molecule has 0 aromatic carbocycles.